The molecule has 0 radical (unpaired) electrons. The van der Waals surface area contributed by atoms with Gasteiger partial charge >= 0.3 is 5.97 Å². The molecule has 0 aliphatic heterocycles. The monoisotopic (exact) mass is 440 g/mol. The lowest BCUT2D eigenvalue weighted by atomic mass is 9.35. The molecule has 1 N–H and O–H groups in total. The minimum Gasteiger partial charge on any atom is -0.481 e. The van der Waals surface area contributed by atoms with Gasteiger partial charge in [-0.2, -0.15) is 0 Å². The van der Waals surface area contributed by atoms with E-state index >= 15 is 0 Å². The summed E-state index contributed by atoms with van der Waals surface area (Å²) in [7, 11) is 0. The molecule has 0 amide bonds. The summed E-state index contributed by atoms with van der Waals surface area (Å²) in [6.45, 7) is 21.8. The van der Waals surface area contributed by atoms with E-state index in [0.717, 1.165) is 31.1 Å². The standard InChI is InChI=1S/C30H48O2/c1-19(2)22-12-16-30(8)24(28(22,6)15-13-25(31)32)10-9-23-26-21(4)20(3)11-14-27(26,5)17-18-29(23,30)7/h9,20-22,24,26H,1,10-18H2,2-8H3,(H,31,32)/t20-,21+,22+,24-,26+,27-,28+,29-,30-/m0/s1. The fraction of sp³-hybridized carbons (Fsp3) is 0.833. The van der Waals surface area contributed by atoms with Crippen molar-refractivity contribution in [3.8, 4) is 0 Å². The molecule has 180 valence electrons. The van der Waals surface area contributed by atoms with E-state index in [1.807, 2.05) is 0 Å². The van der Waals surface area contributed by atoms with Crippen molar-refractivity contribution in [1.82, 2.24) is 0 Å². The fourth-order valence-electron chi connectivity index (χ4n) is 9.76. The summed E-state index contributed by atoms with van der Waals surface area (Å²) in [5.41, 5.74) is 3.98. The largest absolute Gasteiger partial charge is 0.481 e. The molecule has 0 unspecified atom stereocenters. The van der Waals surface area contributed by atoms with Gasteiger partial charge in [0.2, 0.25) is 0 Å². The number of rotatable bonds is 4. The van der Waals surface area contributed by atoms with Gasteiger partial charge in [-0.1, -0.05) is 65.3 Å². The maximum atomic E-state index is 11.6. The Morgan fingerprint density at radius 3 is 2.41 bits per heavy atom. The molecule has 0 aromatic carbocycles. The van der Waals surface area contributed by atoms with E-state index in [1.165, 1.54) is 37.7 Å². The molecular formula is C30H48O2. The van der Waals surface area contributed by atoms with E-state index in [4.69, 9.17) is 0 Å². The summed E-state index contributed by atoms with van der Waals surface area (Å²) in [6, 6.07) is 0. The Balaban J connectivity index is 1.80. The molecule has 32 heavy (non-hydrogen) atoms. The summed E-state index contributed by atoms with van der Waals surface area (Å²) in [4.78, 5) is 11.6. The molecule has 0 aromatic heterocycles. The minimum absolute atomic E-state index is 0.00842. The Morgan fingerprint density at radius 1 is 1.09 bits per heavy atom. The molecule has 4 aliphatic rings. The molecule has 3 fully saturated rings. The van der Waals surface area contributed by atoms with Crippen LogP contribution < -0.4 is 0 Å². The molecule has 4 aliphatic carbocycles. The molecule has 0 spiro atoms. The fourth-order valence-corrected chi connectivity index (χ4v) is 9.76. The van der Waals surface area contributed by atoms with Crippen LogP contribution in [0.4, 0.5) is 0 Å². The molecule has 0 bridgehead atoms. The van der Waals surface area contributed by atoms with Crippen molar-refractivity contribution in [2.24, 2.45) is 51.2 Å². The number of carbonyl (C=O) groups is 1. The first-order valence-electron chi connectivity index (χ1n) is 13.4. The van der Waals surface area contributed by atoms with Gasteiger partial charge in [-0.15, -0.1) is 0 Å². The van der Waals surface area contributed by atoms with Crippen LogP contribution in [0.1, 0.15) is 106 Å². The SMILES string of the molecule is C=C(C)[C@H]1CC[C@@]2(C)[C@@H](CC=C3[C@H]4[C@H](C)[C@@H](C)CC[C@@]4(C)CC[C@@]32C)[C@]1(C)CCC(=O)O. The van der Waals surface area contributed by atoms with Gasteiger partial charge in [-0.05, 0) is 110 Å². The first-order valence-corrected chi connectivity index (χ1v) is 13.4. The van der Waals surface area contributed by atoms with Gasteiger partial charge in [-0.3, -0.25) is 4.79 Å². The van der Waals surface area contributed by atoms with Crippen molar-refractivity contribution in [3.63, 3.8) is 0 Å². The highest BCUT2D eigenvalue weighted by Gasteiger charge is 2.65. The minimum atomic E-state index is -0.657. The van der Waals surface area contributed by atoms with Crippen LogP contribution in [0.15, 0.2) is 23.8 Å². The summed E-state index contributed by atoms with van der Waals surface area (Å²) in [6.07, 6.45) is 12.7. The highest BCUT2D eigenvalue weighted by Crippen LogP contribution is 2.74. The van der Waals surface area contributed by atoms with Crippen LogP contribution in [-0.2, 0) is 4.79 Å². The van der Waals surface area contributed by atoms with Crippen LogP contribution in [0.2, 0.25) is 0 Å². The second-order valence-corrected chi connectivity index (χ2v) is 13.5. The second kappa shape index (κ2) is 7.74. The van der Waals surface area contributed by atoms with Gasteiger partial charge in [0.25, 0.3) is 0 Å². The first-order chi connectivity index (χ1) is 14.8. The molecule has 0 saturated heterocycles. The van der Waals surface area contributed by atoms with Crippen LogP contribution in [0.3, 0.4) is 0 Å². The zero-order valence-electron chi connectivity index (χ0n) is 21.9. The normalized spacial score (nSPS) is 50.5. The molecular weight excluding hydrogens is 392 g/mol. The molecule has 0 aromatic rings. The van der Waals surface area contributed by atoms with E-state index < -0.39 is 5.97 Å². The number of hydrogen-bond donors (Lipinski definition) is 1. The van der Waals surface area contributed by atoms with Gasteiger partial charge in [0.15, 0.2) is 0 Å². The molecule has 4 rings (SSSR count). The smallest absolute Gasteiger partial charge is 0.303 e. The van der Waals surface area contributed by atoms with E-state index in [1.54, 1.807) is 5.57 Å². The van der Waals surface area contributed by atoms with Gasteiger partial charge in [0.05, 0.1) is 0 Å². The van der Waals surface area contributed by atoms with Crippen molar-refractivity contribution in [2.45, 2.75) is 106 Å². The Labute approximate surface area is 197 Å². The molecule has 9 atom stereocenters. The Bertz CT molecular complexity index is 825. The van der Waals surface area contributed by atoms with Crippen LogP contribution in [0, 0.1) is 51.2 Å². The van der Waals surface area contributed by atoms with Crippen molar-refractivity contribution in [2.75, 3.05) is 0 Å². The topological polar surface area (TPSA) is 37.3 Å². The van der Waals surface area contributed by atoms with Crippen molar-refractivity contribution in [1.29, 1.82) is 0 Å². The summed E-state index contributed by atoms with van der Waals surface area (Å²) in [5, 5.41) is 9.56. The predicted octanol–water partition coefficient (Wildman–Crippen LogP) is 8.28. The third-order valence-electron chi connectivity index (χ3n) is 12.1. The number of hydrogen-bond acceptors (Lipinski definition) is 1. The second-order valence-electron chi connectivity index (χ2n) is 13.5. The van der Waals surface area contributed by atoms with Crippen LogP contribution in [0.5, 0.6) is 0 Å². The number of aliphatic carboxylic acids is 1. The predicted molar refractivity (Wildman–Crippen MR) is 133 cm³/mol. The van der Waals surface area contributed by atoms with Gasteiger partial charge in [-0.25, -0.2) is 0 Å². The molecule has 0 heterocycles. The lowest BCUT2D eigenvalue weighted by molar-refractivity contribution is -0.150. The zero-order chi connectivity index (χ0) is 23.7. The molecule has 2 nitrogen and oxygen atoms in total. The Hall–Kier alpha value is -1.05. The Morgan fingerprint density at radius 2 is 1.78 bits per heavy atom. The average molecular weight is 441 g/mol. The summed E-state index contributed by atoms with van der Waals surface area (Å²) < 4.78 is 0. The first kappa shape index (κ1) is 24.1. The van der Waals surface area contributed by atoms with Crippen molar-refractivity contribution in [3.05, 3.63) is 23.8 Å². The van der Waals surface area contributed by atoms with Gasteiger partial charge < -0.3 is 5.11 Å². The van der Waals surface area contributed by atoms with Crippen molar-refractivity contribution >= 4 is 5.97 Å². The zero-order valence-corrected chi connectivity index (χ0v) is 21.9. The average Bonchev–Trinajstić information content (AvgIpc) is 2.70. The highest BCUT2D eigenvalue weighted by atomic mass is 16.4. The van der Waals surface area contributed by atoms with Gasteiger partial charge in [0.1, 0.15) is 0 Å². The van der Waals surface area contributed by atoms with E-state index in [9.17, 15) is 9.90 Å². The summed E-state index contributed by atoms with van der Waals surface area (Å²) >= 11 is 0. The number of carboxylic acids is 1. The van der Waals surface area contributed by atoms with Crippen LogP contribution in [-0.4, -0.2) is 11.1 Å². The van der Waals surface area contributed by atoms with Crippen molar-refractivity contribution < 1.29 is 9.90 Å². The third-order valence-corrected chi connectivity index (χ3v) is 12.1. The molecule has 3 saturated carbocycles. The maximum absolute atomic E-state index is 11.6. The van der Waals surface area contributed by atoms with Gasteiger partial charge in [0, 0.05) is 6.42 Å². The lowest BCUT2D eigenvalue weighted by Gasteiger charge is -2.69. The summed E-state index contributed by atoms with van der Waals surface area (Å²) in [5.74, 6) is 2.58. The third kappa shape index (κ3) is 3.21. The Kier molecular flexibility index (Phi) is 5.83. The maximum Gasteiger partial charge on any atom is 0.303 e. The van der Waals surface area contributed by atoms with E-state index in [0.29, 0.717) is 23.2 Å². The van der Waals surface area contributed by atoms with Crippen LogP contribution >= 0.6 is 0 Å². The number of carboxylic acid groups (broad SMARTS) is 1. The van der Waals surface area contributed by atoms with Crippen LogP contribution in [0.25, 0.3) is 0 Å². The quantitative estimate of drug-likeness (QED) is 0.446. The lowest BCUT2D eigenvalue weighted by Crippen LogP contribution is -2.61. The van der Waals surface area contributed by atoms with E-state index in [2.05, 4.69) is 61.1 Å². The highest BCUT2D eigenvalue weighted by molar-refractivity contribution is 5.66. The van der Waals surface area contributed by atoms with E-state index in [-0.39, 0.29) is 22.7 Å². The molecule has 2 heteroatoms. The number of fused-ring (bicyclic) bond motifs is 5. The number of allylic oxidation sites excluding steroid dienone is 3.